The first-order valence-electron chi connectivity index (χ1n) is 16.5. The zero-order chi connectivity index (χ0) is 31.9. The van der Waals surface area contributed by atoms with Crippen molar-refractivity contribution in [3.05, 3.63) is 187 Å². The molecule has 226 valence electrons. The minimum Gasteiger partial charge on any atom is -0.366 e. The van der Waals surface area contributed by atoms with E-state index in [2.05, 4.69) is 181 Å². The molecule has 0 fully saturated rings. The quantitative estimate of drug-likeness (QED) is 0.192. The maximum absolute atomic E-state index is 4.73. The Morgan fingerprint density at radius 3 is 1.65 bits per heavy atom. The van der Waals surface area contributed by atoms with Crippen molar-refractivity contribution in [2.75, 3.05) is 0 Å². The first-order chi connectivity index (χ1) is 23.8. The van der Waals surface area contributed by atoms with Crippen LogP contribution in [0.15, 0.2) is 181 Å². The molecule has 0 aromatic heterocycles. The van der Waals surface area contributed by atoms with Crippen molar-refractivity contribution in [3.8, 4) is 33.4 Å². The van der Waals surface area contributed by atoms with Gasteiger partial charge in [0.2, 0.25) is 0 Å². The average Bonchev–Trinajstić information content (AvgIpc) is 3.18. The molecule has 0 amide bonds. The Labute approximate surface area is 280 Å². The molecule has 1 aliphatic heterocycles. The maximum Gasteiger partial charge on any atom is 0.0893 e. The van der Waals surface area contributed by atoms with Crippen LogP contribution in [0, 0.1) is 0 Å². The van der Waals surface area contributed by atoms with Crippen LogP contribution in [-0.4, -0.2) is 6.34 Å². The molecule has 0 saturated carbocycles. The predicted molar refractivity (Wildman–Crippen MR) is 204 cm³/mol. The fourth-order valence-electron chi connectivity index (χ4n) is 7.25. The van der Waals surface area contributed by atoms with Crippen molar-refractivity contribution in [2.45, 2.75) is 6.04 Å². The summed E-state index contributed by atoms with van der Waals surface area (Å²) >= 11 is 0. The third kappa shape index (κ3) is 4.96. The summed E-state index contributed by atoms with van der Waals surface area (Å²) in [6.07, 6.45) is 4.06. The number of aliphatic imine (C=N–C) groups is 1. The molecular weight excluding hydrogens is 581 g/mol. The van der Waals surface area contributed by atoms with Crippen LogP contribution >= 0.6 is 0 Å². The van der Waals surface area contributed by atoms with Crippen molar-refractivity contribution in [1.82, 2.24) is 5.32 Å². The minimum atomic E-state index is 0.00491. The Kier molecular flexibility index (Phi) is 6.91. The SMILES string of the molecule is C1=NC(c2cccc(-c3ccccc3)c2)=CC(c2cccc(-c3ccccc3-c3ccc4c5ccccc5c5ccccc5c4c3)c2)N1. The van der Waals surface area contributed by atoms with Crippen LogP contribution in [0.1, 0.15) is 17.2 Å². The number of fused-ring (bicyclic) bond motifs is 6. The third-order valence-corrected chi connectivity index (χ3v) is 9.59. The van der Waals surface area contributed by atoms with E-state index >= 15 is 0 Å². The zero-order valence-corrected chi connectivity index (χ0v) is 26.3. The van der Waals surface area contributed by atoms with Gasteiger partial charge in [0.1, 0.15) is 0 Å². The Hall–Kier alpha value is -6.25. The summed E-state index contributed by atoms with van der Waals surface area (Å²) in [6.45, 7) is 0. The maximum atomic E-state index is 4.73. The van der Waals surface area contributed by atoms with Crippen LogP contribution in [0.5, 0.6) is 0 Å². The average molecular weight is 613 g/mol. The van der Waals surface area contributed by atoms with Crippen LogP contribution in [-0.2, 0) is 0 Å². The highest BCUT2D eigenvalue weighted by Gasteiger charge is 2.17. The summed E-state index contributed by atoms with van der Waals surface area (Å²) in [5.41, 5.74) is 10.5. The molecule has 1 aliphatic rings. The standard InChI is InChI=1S/C46H32N2/c1-2-12-31(13-3-1)32-14-10-16-35(26-32)45-29-46(48-30-47-45)36-17-11-15-33(27-36)37-18-4-5-19-38(37)34-24-25-43-41-22-7-6-20-39(41)40-21-8-9-23-42(40)44(43)28-34/h1-30,46H,(H,47,48). The van der Waals surface area contributed by atoms with Crippen LogP contribution in [0.3, 0.4) is 0 Å². The number of rotatable bonds is 5. The Bertz CT molecular complexity index is 2510. The lowest BCUT2D eigenvalue weighted by atomic mass is 9.89. The molecule has 1 atom stereocenters. The van der Waals surface area contributed by atoms with Gasteiger partial charge in [-0.3, -0.25) is 0 Å². The second-order valence-corrected chi connectivity index (χ2v) is 12.4. The van der Waals surface area contributed by atoms with E-state index in [0.29, 0.717) is 0 Å². The van der Waals surface area contributed by atoms with Crippen LogP contribution in [0.2, 0.25) is 0 Å². The number of hydrogen-bond acceptors (Lipinski definition) is 2. The van der Waals surface area contributed by atoms with Gasteiger partial charge in [-0.1, -0.05) is 152 Å². The van der Waals surface area contributed by atoms with E-state index in [4.69, 9.17) is 4.99 Å². The molecule has 0 spiro atoms. The van der Waals surface area contributed by atoms with E-state index in [1.54, 1.807) is 0 Å². The fraction of sp³-hybridized carbons (Fsp3) is 0.0217. The molecule has 1 N–H and O–H groups in total. The second kappa shape index (κ2) is 11.8. The van der Waals surface area contributed by atoms with Gasteiger partial charge in [-0.25, -0.2) is 4.99 Å². The highest BCUT2D eigenvalue weighted by atomic mass is 15.0. The minimum absolute atomic E-state index is 0.00491. The zero-order valence-electron chi connectivity index (χ0n) is 26.3. The first-order valence-corrected chi connectivity index (χ1v) is 16.5. The van der Waals surface area contributed by atoms with Crippen LogP contribution < -0.4 is 5.32 Å². The predicted octanol–water partition coefficient (Wildman–Crippen LogP) is 11.9. The van der Waals surface area contributed by atoms with Crippen molar-refractivity contribution < 1.29 is 0 Å². The van der Waals surface area contributed by atoms with Gasteiger partial charge in [0.25, 0.3) is 0 Å². The summed E-state index contributed by atoms with van der Waals surface area (Å²) in [6, 6.07) is 61.3. The van der Waals surface area contributed by atoms with Gasteiger partial charge in [0.15, 0.2) is 0 Å². The normalized spacial score (nSPS) is 14.2. The van der Waals surface area contributed by atoms with Gasteiger partial charge >= 0.3 is 0 Å². The lowest BCUT2D eigenvalue weighted by molar-refractivity contribution is 0.795. The molecule has 0 saturated heterocycles. The number of nitrogens with one attached hydrogen (secondary N) is 1. The molecule has 0 aliphatic carbocycles. The molecule has 1 unspecified atom stereocenters. The largest absolute Gasteiger partial charge is 0.366 e. The topological polar surface area (TPSA) is 24.4 Å². The van der Waals surface area contributed by atoms with Gasteiger partial charge in [-0.05, 0) is 95.5 Å². The second-order valence-electron chi connectivity index (χ2n) is 12.4. The van der Waals surface area contributed by atoms with E-state index < -0.39 is 0 Å². The molecule has 9 rings (SSSR count). The fourth-order valence-corrected chi connectivity index (χ4v) is 7.25. The molecule has 48 heavy (non-hydrogen) atoms. The van der Waals surface area contributed by atoms with Crippen molar-refractivity contribution >= 4 is 44.4 Å². The van der Waals surface area contributed by atoms with Crippen molar-refractivity contribution in [2.24, 2.45) is 4.99 Å². The van der Waals surface area contributed by atoms with E-state index in [1.165, 1.54) is 71.3 Å². The van der Waals surface area contributed by atoms with Gasteiger partial charge in [-0.15, -0.1) is 0 Å². The molecule has 0 radical (unpaired) electrons. The van der Waals surface area contributed by atoms with Gasteiger partial charge < -0.3 is 5.32 Å². The van der Waals surface area contributed by atoms with Crippen LogP contribution in [0.25, 0.3) is 71.4 Å². The number of benzene rings is 8. The summed E-state index contributed by atoms with van der Waals surface area (Å²) in [4.78, 5) is 4.73. The highest BCUT2D eigenvalue weighted by Crippen LogP contribution is 2.40. The summed E-state index contributed by atoms with van der Waals surface area (Å²) in [5, 5.41) is 11.2. The lowest BCUT2D eigenvalue weighted by Gasteiger charge is -2.20. The van der Waals surface area contributed by atoms with Gasteiger partial charge in [-0.2, -0.15) is 0 Å². The van der Waals surface area contributed by atoms with Crippen molar-refractivity contribution in [1.29, 1.82) is 0 Å². The molecule has 1 heterocycles. The molecule has 8 aromatic rings. The van der Waals surface area contributed by atoms with Crippen molar-refractivity contribution in [3.63, 3.8) is 0 Å². The summed E-state index contributed by atoms with van der Waals surface area (Å²) in [7, 11) is 0. The summed E-state index contributed by atoms with van der Waals surface area (Å²) < 4.78 is 0. The lowest BCUT2D eigenvalue weighted by Crippen LogP contribution is -2.21. The Balaban J connectivity index is 1.10. The molecular formula is C46H32N2. The monoisotopic (exact) mass is 612 g/mol. The molecule has 8 aromatic carbocycles. The molecule has 2 nitrogen and oxygen atoms in total. The molecule has 0 bridgehead atoms. The number of hydrogen-bond donors (Lipinski definition) is 1. The van der Waals surface area contributed by atoms with Gasteiger partial charge in [0.05, 0.1) is 18.1 Å². The van der Waals surface area contributed by atoms with Gasteiger partial charge in [0, 0.05) is 5.56 Å². The van der Waals surface area contributed by atoms with E-state index in [9.17, 15) is 0 Å². The number of nitrogens with zero attached hydrogens (tertiary/aromatic N) is 1. The summed E-state index contributed by atoms with van der Waals surface area (Å²) in [5.74, 6) is 0. The third-order valence-electron chi connectivity index (χ3n) is 9.59. The molecule has 2 heteroatoms. The first kappa shape index (κ1) is 28.0. The highest BCUT2D eigenvalue weighted by molar-refractivity contribution is 6.25. The van der Waals surface area contributed by atoms with Crippen LogP contribution in [0.4, 0.5) is 0 Å². The van der Waals surface area contributed by atoms with E-state index in [0.717, 1.165) is 11.3 Å². The smallest absolute Gasteiger partial charge is 0.0893 e. The Morgan fingerprint density at radius 1 is 0.375 bits per heavy atom. The Morgan fingerprint density at radius 2 is 0.917 bits per heavy atom. The van der Waals surface area contributed by atoms with E-state index in [1.807, 2.05) is 6.34 Å². The van der Waals surface area contributed by atoms with E-state index in [-0.39, 0.29) is 6.04 Å².